The Kier molecular flexibility index (Phi) is 4.75. The van der Waals surface area contributed by atoms with Crippen LogP contribution in [0.4, 0.5) is 0 Å². The third-order valence-corrected chi connectivity index (χ3v) is 4.23. The minimum atomic E-state index is -0.232. The quantitative estimate of drug-likeness (QED) is 0.556. The number of nitrogens with one attached hydrogen (secondary N) is 1. The number of nitriles is 1. The molecule has 29 heavy (non-hydrogen) atoms. The van der Waals surface area contributed by atoms with E-state index in [0.29, 0.717) is 28.6 Å². The van der Waals surface area contributed by atoms with Gasteiger partial charge in [-0.1, -0.05) is 12.1 Å². The van der Waals surface area contributed by atoms with Gasteiger partial charge in [0.05, 0.1) is 34.6 Å². The number of benzene rings is 2. The molecule has 4 aromatic rings. The second kappa shape index (κ2) is 7.52. The maximum Gasteiger partial charge on any atom is 0.331 e. The summed E-state index contributed by atoms with van der Waals surface area (Å²) >= 11 is 0. The average molecular weight is 386 g/mol. The molecule has 0 spiro atoms. The highest BCUT2D eigenvalue weighted by atomic mass is 16.5. The first-order chi connectivity index (χ1) is 14.0. The van der Waals surface area contributed by atoms with Crippen molar-refractivity contribution in [1.29, 1.82) is 5.26 Å². The van der Waals surface area contributed by atoms with E-state index >= 15 is 0 Å². The van der Waals surface area contributed by atoms with Crippen LogP contribution in [0.3, 0.4) is 0 Å². The number of fused-ring (bicyclic) bond motifs is 1. The summed E-state index contributed by atoms with van der Waals surface area (Å²) in [6, 6.07) is 18.0. The first-order valence-electron chi connectivity index (χ1n) is 9.10. The van der Waals surface area contributed by atoms with Crippen LogP contribution in [0.5, 0.6) is 17.4 Å². The van der Waals surface area contributed by atoms with Crippen LogP contribution < -0.4 is 15.2 Å². The lowest BCUT2D eigenvalue weighted by atomic mass is 10.2. The molecule has 0 aliphatic carbocycles. The number of H-pyrrole nitrogens is 1. The highest BCUT2D eigenvalue weighted by Crippen LogP contribution is 2.28. The standard InChI is InChI=1S/C22H18N4O3/c1-14(2)28-20-11-17(9-7-15(20)12-23)29-21-10-8-16(13-24-21)26-19-6-4-3-5-18(19)25-22(26)27/h3-11,13-14H,1-2H3,(H,25,27). The lowest BCUT2D eigenvalue weighted by Crippen LogP contribution is -2.14. The third-order valence-electron chi connectivity index (χ3n) is 4.23. The van der Waals surface area contributed by atoms with Crippen molar-refractivity contribution in [2.45, 2.75) is 20.0 Å². The zero-order chi connectivity index (χ0) is 20.4. The molecular weight excluding hydrogens is 368 g/mol. The molecule has 2 heterocycles. The predicted octanol–water partition coefficient (Wildman–Crippen LogP) is 4.16. The van der Waals surface area contributed by atoms with E-state index in [0.717, 1.165) is 11.0 Å². The van der Waals surface area contributed by atoms with Crippen molar-refractivity contribution in [2.24, 2.45) is 0 Å². The summed E-state index contributed by atoms with van der Waals surface area (Å²) in [6.45, 7) is 3.78. The molecule has 7 nitrogen and oxygen atoms in total. The monoisotopic (exact) mass is 386 g/mol. The fourth-order valence-corrected chi connectivity index (χ4v) is 3.01. The summed E-state index contributed by atoms with van der Waals surface area (Å²) in [4.78, 5) is 19.4. The van der Waals surface area contributed by atoms with Gasteiger partial charge >= 0.3 is 5.69 Å². The van der Waals surface area contributed by atoms with Crippen molar-refractivity contribution in [2.75, 3.05) is 0 Å². The second-order valence-corrected chi connectivity index (χ2v) is 6.68. The molecule has 0 unspecified atom stereocenters. The van der Waals surface area contributed by atoms with Crippen LogP contribution in [0.15, 0.2) is 65.6 Å². The molecule has 0 saturated carbocycles. The van der Waals surface area contributed by atoms with Crippen molar-refractivity contribution in [3.05, 3.63) is 76.8 Å². The minimum Gasteiger partial charge on any atom is -0.489 e. The molecule has 0 aliphatic heterocycles. The molecule has 0 fully saturated rings. The van der Waals surface area contributed by atoms with Crippen LogP contribution >= 0.6 is 0 Å². The first kappa shape index (κ1) is 18.3. The van der Waals surface area contributed by atoms with E-state index in [1.165, 1.54) is 0 Å². The van der Waals surface area contributed by atoms with Crippen LogP contribution in [0.1, 0.15) is 19.4 Å². The number of aromatic nitrogens is 3. The normalized spacial score (nSPS) is 10.8. The fourth-order valence-electron chi connectivity index (χ4n) is 3.01. The zero-order valence-electron chi connectivity index (χ0n) is 15.9. The Labute approximate surface area is 166 Å². The van der Waals surface area contributed by atoms with Crippen LogP contribution in [0.2, 0.25) is 0 Å². The van der Waals surface area contributed by atoms with Crippen molar-refractivity contribution in [1.82, 2.24) is 14.5 Å². The Bertz CT molecular complexity index is 1260. The molecule has 0 amide bonds. The maximum absolute atomic E-state index is 12.3. The van der Waals surface area contributed by atoms with Crippen molar-refractivity contribution < 1.29 is 9.47 Å². The van der Waals surface area contributed by atoms with Gasteiger partial charge < -0.3 is 14.5 Å². The molecule has 1 N–H and O–H groups in total. The van der Waals surface area contributed by atoms with Crippen LogP contribution in [0, 0.1) is 11.3 Å². The van der Waals surface area contributed by atoms with Crippen molar-refractivity contribution in [3.63, 3.8) is 0 Å². The third kappa shape index (κ3) is 3.69. The molecule has 0 saturated heterocycles. The summed E-state index contributed by atoms with van der Waals surface area (Å²) in [5.41, 5.74) is 2.37. The Morgan fingerprint density at radius 2 is 1.97 bits per heavy atom. The van der Waals surface area contributed by atoms with Gasteiger partial charge in [0.1, 0.15) is 17.6 Å². The van der Waals surface area contributed by atoms with Gasteiger partial charge in [-0.25, -0.2) is 9.78 Å². The van der Waals surface area contributed by atoms with E-state index in [2.05, 4.69) is 16.0 Å². The van der Waals surface area contributed by atoms with E-state index in [4.69, 9.17) is 9.47 Å². The lowest BCUT2D eigenvalue weighted by Gasteiger charge is -2.13. The Morgan fingerprint density at radius 1 is 1.14 bits per heavy atom. The number of hydrogen-bond acceptors (Lipinski definition) is 5. The maximum atomic E-state index is 12.3. The molecule has 0 aliphatic rings. The summed E-state index contributed by atoms with van der Waals surface area (Å²) in [5.74, 6) is 1.33. The second-order valence-electron chi connectivity index (χ2n) is 6.68. The number of aromatic amines is 1. The number of imidazole rings is 1. The number of rotatable bonds is 5. The molecule has 4 rings (SSSR count). The lowest BCUT2D eigenvalue weighted by molar-refractivity contribution is 0.241. The smallest absolute Gasteiger partial charge is 0.331 e. The van der Waals surface area contributed by atoms with Gasteiger partial charge in [0.25, 0.3) is 0 Å². The van der Waals surface area contributed by atoms with Crippen molar-refractivity contribution in [3.8, 4) is 29.1 Å². The molecule has 0 atom stereocenters. The van der Waals surface area contributed by atoms with E-state index in [1.54, 1.807) is 41.1 Å². The molecule has 2 aromatic heterocycles. The molecule has 2 aromatic carbocycles. The summed E-state index contributed by atoms with van der Waals surface area (Å²) in [5, 5.41) is 9.22. The molecule has 0 bridgehead atoms. The van der Waals surface area contributed by atoms with Crippen LogP contribution in [0.25, 0.3) is 16.7 Å². The van der Waals surface area contributed by atoms with E-state index in [1.807, 2.05) is 38.1 Å². The molecular formula is C22H18N4O3. The zero-order valence-corrected chi connectivity index (χ0v) is 15.9. The summed E-state index contributed by atoms with van der Waals surface area (Å²) < 4.78 is 13.0. The van der Waals surface area contributed by atoms with Crippen molar-refractivity contribution >= 4 is 11.0 Å². The minimum absolute atomic E-state index is 0.0655. The Hall–Kier alpha value is -4.05. The van der Waals surface area contributed by atoms with E-state index in [9.17, 15) is 10.1 Å². The highest BCUT2D eigenvalue weighted by molar-refractivity contribution is 5.77. The van der Waals surface area contributed by atoms with Gasteiger partial charge in [-0.15, -0.1) is 0 Å². The van der Waals surface area contributed by atoms with Gasteiger partial charge in [-0.3, -0.25) is 4.57 Å². The summed E-state index contributed by atoms with van der Waals surface area (Å²) in [7, 11) is 0. The van der Waals surface area contributed by atoms with E-state index < -0.39 is 0 Å². The number of nitrogens with zero attached hydrogens (tertiary/aromatic N) is 3. The van der Waals surface area contributed by atoms with Gasteiger partial charge in [-0.05, 0) is 44.2 Å². The Balaban J connectivity index is 1.61. The van der Waals surface area contributed by atoms with Gasteiger partial charge in [0.15, 0.2) is 0 Å². The SMILES string of the molecule is CC(C)Oc1cc(Oc2ccc(-n3c(=O)[nH]c4ccccc43)cn2)ccc1C#N. The van der Waals surface area contributed by atoms with Gasteiger partial charge in [0.2, 0.25) is 5.88 Å². The largest absolute Gasteiger partial charge is 0.489 e. The van der Waals surface area contributed by atoms with E-state index in [-0.39, 0.29) is 11.8 Å². The number of pyridine rings is 1. The molecule has 0 radical (unpaired) electrons. The number of hydrogen-bond donors (Lipinski definition) is 1. The fraction of sp³-hybridized carbons (Fsp3) is 0.136. The average Bonchev–Trinajstić information content (AvgIpc) is 3.04. The topological polar surface area (TPSA) is 92.9 Å². The van der Waals surface area contributed by atoms with Crippen LogP contribution in [-0.2, 0) is 0 Å². The van der Waals surface area contributed by atoms with Gasteiger partial charge in [-0.2, -0.15) is 5.26 Å². The molecule has 144 valence electrons. The summed E-state index contributed by atoms with van der Waals surface area (Å²) in [6.07, 6.45) is 1.51. The highest BCUT2D eigenvalue weighted by Gasteiger charge is 2.11. The number of para-hydroxylation sites is 2. The molecule has 7 heteroatoms. The Morgan fingerprint density at radius 3 is 2.69 bits per heavy atom. The van der Waals surface area contributed by atoms with Gasteiger partial charge in [0, 0.05) is 12.1 Å². The number of ether oxygens (including phenoxy) is 2. The van der Waals surface area contributed by atoms with Crippen LogP contribution in [-0.4, -0.2) is 20.6 Å². The first-order valence-corrected chi connectivity index (χ1v) is 9.10. The predicted molar refractivity (Wildman–Crippen MR) is 109 cm³/mol.